The van der Waals surface area contributed by atoms with E-state index in [-0.39, 0.29) is 11.7 Å². The maximum Gasteiger partial charge on any atom is 0.268 e. The highest BCUT2D eigenvalue weighted by Gasteiger charge is 2.13. The molecular formula is C25H19N3O2S. The van der Waals surface area contributed by atoms with Gasteiger partial charge in [-0.2, -0.15) is 5.26 Å². The number of rotatable bonds is 6. The summed E-state index contributed by atoms with van der Waals surface area (Å²) in [6.45, 7) is 1.99. The smallest absolute Gasteiger partial charge is 0.268 e. The predicted octanol–water partition coefficient (Wildman–Crippen LogP) is 5.98. The van der Waals surface area contributed by atoms with Crippen LogP contribution >= 0.6 is 11.3 Å². The molecule has 1 heterocycles. The van der Waals surface area contributed by atoms with Crippen molar-refractivity contribution in [2.75, 3.05) is 5.32 Å². The fourth-order valence-electron chi connectivity index (χ4n) is 3.04. The van der Waals surface area contributed by atoms with Gasteiger partial charge >= 0.3 is 0 Å². The molecule has 0 radical (unpaired) electrons. The van der Waals surface area contributed by atoms with Crippen molar-refractivity contribution in [1.82, 2.24) is 4.98 Å². The number of hydrogen-bond donors (Lipinski definition) is 1. The van der Waals surface area contributed by atoms with Crippen LogP contribution in [0.2, 0.25) is 0 Å². The number of aromatic nitrogens is 1. The molecule has 152 valence electrons. The molecule has 1 unspecified atom stereocenters. The number of ether oxygens (including phenoxy) is 1. The van der Waals surface area contributed by atoms with Gasteiger partial charge in [0.25, 0.3) is 5.91 Å². The van der Waals surface area contributed by atoms with Gasteiger partial charge < -0.3 is 4.74 Å². The van der Waals surface area contributed by atoms with E-state index < -0.39 is 5.91 Å². The Balaban J connectivity index is 1.44. The highest BCUT2D eigenvalue weighted by molar-refractivity contribution is 7.22. The summed E-state index contributed by atoms with van der Waals surface area (Å²) in [6.07, 6.45) is 1.46. The zero-order valence-corrected chi connectivity index (χ0v) is 17.6. The second kappa shape index (κ2) is 9.24. The van der Waals surface area contributed by atoms with Crippen molar-refractivity contribution in [1.29, 1.82) is 5.26 Å². The summed E-state index contributed by atoms with van der Waals surface area (Å²) in [6, 6.07) is 26.8. The van der Waals surface area contributed by atoms with Gasteiger partial charge in [-0.1, -0.05) is 65.9 Å². The average Bonchev–Trinajstić information content (AvgIpc) is 3.21. The number of amides is 1. The third-order valence-corrected chi connectivity index (χ3v) is 5.60. The van der Waals surface area contributed by atoms with Crippen LogP contribution < -0.4 is 10.1 Å². The first-order valence-electron chi connectivity index (χ1n) is 9.73. The Morgan fingerprint density at radius 3 is 2.48 bits per heavy atom. The number of para-hydroxylation sites is 1. The lowest BCUT2D eigenvalue weighted by molar-refractivity contribution is -0.112. The van der Waals surface area contributed by atoms with Gasteiger partial charge in [-0.05, 0) is 48.4 Å². The number of nitriles is 1. The van der Waals surface area contributed by atoms with E-state index in [9.17, 15) is 10.1 Å². The first kappa shape index (κ1) is 20.3. The van der Waals surface area contributed by atoms with Crippen molar-refractivity contribution >= 4 is 38.7 Å². The van der Waals surface area contributed by atoms with Crippen LogP contribution in [-0.4, -0.2) is 10.9 Å². The van der Waals surface area contributed by atoms with Gasteiger partial charge in [0.15, 0.2) is 5.13 Å². The van der Waals surface area contributed by atoms with E-state index >= 15 is 0 Å². The SMILES string of the molecule is CC(Oc1ccc(/C=C(\C#N)C(=O)Nc2nc3ccccc3s2)cc1)c1ccccc1. The molecule has 31 heavy (non-hydrogen) atoms. The van der Waals surface area contributed by atoms with Gasteiger partial charge in [-0.15, -0.1) is 0 Å². The van der Waals surface area contributed by atoms with Crippen LogP contribution in [0.4, 0.5) is 5.13 Å². The monoisotopic (exact) mass is 425 g/mol. The number of hydrogen-bond acceptors (Lipinski definition) is 5. The Morgan fingerprint density at radius 1 is 1.06 bits per heavy atom. The number of carbonyl (C=O) groups is 1. The molecule has 1 atom stereocenters. The molecular weight excluding hydrogens is 406 g/mol. The molecule has 1 N–H and O–H groups in total. The van der Waals surface area contributed by atoms with E-state index in [2.05, 4.69) is 10.3 Å². The van der Waals surface area contributed by atoms with Crippen LogP contribution in [0.25, 0.3) is 16.3 Å². The van der Waals surface area contributed by atoms with Gasteiger partial charge in [0.1, 0.15) is 23.5 Å². The molecule has 0 fully saturated rings. The second-order valence-corrected chi connectivity index (χ2v) is 7.88. The Kier molecular flexibility index (Phi) is 6.06. The summed E-state index contributed by atoms with van der Waals surface area (Å²) in [5.41, 5.74) is 2.64. The highest BCUT2D eigenvalue weighted by Crippen LogP contribution is 2.26. The Bertz CT molecular complexity index is 1240. The number of thiazole rings is 1. The lowest BCUT2D eigenvalue weighted by Crippen LogP contribution is -2.13. The van der Waals surface area contributed by atoms with Crippen molar-refractivity contribution in [2.24, 2.45) is 0 Å². The van der Waals surface area contributed by atoms with E-state index in [1.165, 1.54) is 11.3 Å². The summed E-state index contributed by atoms with van der Waals surface area (Å²) >= 11 is 1.37. The van der Waals surface area contributed by atoms with Crippen molar-refractivity contribution in [3.63, 3.8) is 0 Å². The normalized spacial score (nSPS) is 12.2. The fraction of sp³-hybridized carbons (Fsp3) is 0.0800. The third-order valence-electron chi connectivity index (χ3n) is 4.65. The number of carbonyl (C=O) groups excluding carboxylic acids is 1. The summed E-state index contributed by atoms with van der Waals surface area (Å²) in [7, 11) is 0. The van der Waals surface area contributed by atoms with Crippen LogP contribution in [0.3, 0.4) is 0 Å². The Hall–Kier alpha value is -3.95. The maximum absolute atomic E-state index is 12.5. The lowest BCUT2D eigenvalue weighted by atomic mass is 10.1. The largest absolute Gasteiger partial charge is 0.486 e. The molecule has 0 spiro atoms. The summed E-state index contributed by atoms with van der Waals surface area (Å²) in [5, 5.41) is 12.6. The van der Waals surface area contributed by atoms with Crippen LogP contribution in [0.5, 0.6) is 5.75 Å². The fourth-order valence-corrected chi connectivity index (χ4v) is 3.91. The van der Waals surface area contributed by atoms with Gasteiger partial charge in [0.05, 0.1) is 10.2 Å². The summed E-state index contributed by atoms with van der Waals surface area (Å²) in [5.74, 6) is 0.227. The average molecular weight is 426 g/mol. The number of benzene rings is 3. The predicted molar refractivity (Wildman–Crippen MR) is 124 cm³/mol. The Morgan fingerprint density at radius 2 is 1.77 bits per heavy atom. The maximum atomic E-state index is 12.5. The molecule has 4 aromatic rings. The summed E-state index contributed by atoms with van der Waals surface area (Å²) in [4.78, 5) is 16.9. The lowest BCUT2D eigenvalue weighted by Gasteiger charge is -2.15. The van der Waals surface area contributed by atoms with Crippen molar-refractivity contribution in [2.45, 2.75) is 13.0 Å². The molecule has 1 amide bonds. The molecule has 3 aromatic carbocycles. The van der Waals surface area contributed by atoms with E-state index in [1.54, 1.807) is 6.08 Å². The minimum Gasteiger partial charge on any atom is -0.486 e. The quantitative estimate of drug-likeness (QED) is 0.304. The van der Waals surface area contributed by atoms with Gasteiger partial charge in [0, 0.05) is 0 Å². The Labute approximate surface area is 184 Å². The molecule has 5 nitrogen and oxygen atoms in total. The van der Waals surface area contributed by atoms with Crippen molar-refractivity contribution < 1.29 is 9.53 Å². The number of nitrogens with one attached hydrogen (secondary N) is 1. The van der Waals surface area contributed by atoms with Crippen LogP contribution in [0, 0.1) is 11.3 Å². The zero-order chi connectivity index (χ0) is 21.6. The first-order chi connectivity index (χ1) is 15.1. The van der Waals surface area contributed by atoms with E-state index in [0.717, 1.165) is 21.3 Å². The molecule has 0 aliphatic carbocycles. The molecule has 0 saturated carbocycles. The molecule has 0 bridgehead atoms. The molecule has 1 aromatic heterocycles. The second-order valence-electron chi connectivity index (χ2n) is 6.85. The third kappa shape index (κ3) is 4.97. The van der Waals surface area contributed by atoms with Crippen molar-refractivity contribution in [3.05, 3.63) is 95.6 Å². The minimum atomic E-state index is -0.486. The molecule has 0 saturated heterocycles. The molecule has 6 heteroatoms. The minimum absolute atomic E-state index is 0.00516. The van der Waals surface area contributed by atoms with E-state index in [4.69, 9.17) is 4.74 Å². The van der Waals surface area contributed by atoms with E-state index in [0.29, 0.717) is 10.9 Å². The highest BCUT2D eigenvalue weighted by atomic mass is 32.1. The van der Waals surface area contributed by atoms with Crippen molar-refractivity contribution in [3.8, 4) is 11.8 Å². The number of fused-ring (bicyclic) bond motifs is 1. The standard InChI is InChI=1S/C25H19N3O2S/c1-17(19-7-3-2-4-8-19)30-21-13-11-18(12-14-21)15-20(16-26)24(29)28-25-27-22-9-5-6-10-23(22)31-25/h2-15,17H,1H3,(H,27,28,29)/b20-15+. The van der Waals surface area contributed by atoms with Crippen LogP contribution in [-0.2, 0) is 4.79 Å². The van der Waals surface area contributed by atoms with Gasteiger partial charge in [0.2, 0.25) is 0 Å². The molecule has 0 aliphatic rings. The van der Waals surface area contributed by atoms with Crippen LogP contribution in [0.1, 0.15) is 24.2 Å². The van der Waals surface area contributed by atoms with Crippen LogP contribution in [0.15, 0.2) is 84.4 Å². The molecule has 4 rings (SSSR count). The van der Waals surface area contributed by atoms with Gasteiger partial charge in [-0.3, -0.25) is 10.1 Å². The zero-order valence-electron chi connectivity index (χ0n) is 16.8. The first-order valence-corrected chi connectivity index (χ1v) is 10.5. The number of nitrogens with zero attached hydrogens (tertiary/aromatic N) is 2. The van der Waals surface area contributed by atoms with Gasteiger partial charge in [-0.25, -0.2) is 4.98 Å². The molecule has 0 aliphatic heterocycles. The topological polar surface area (TPSA) is 75.0 Å². The summed E-state index contributed by atoms with van der Waals surface area (Å²) < 4.78 is 6.94. The van der Waals surface area contributed by atoms with E-state index in [1.807, 2.05) is 91.9 Å². The number of anilines is 1.